The topological polar surface area (TPSA) is 89.5 Å². The molecule has 0 saturated heterocycles. The molecule has 0 N–H and O–H groups in total. The summed E-state index contributed by atoms with van der Waals surface area (Å²) in [5.74, 6) is 2.13. The highest BCUT2D eigenvalue weighted by atomic mass is 33.7. The molecule has 2 rings (SSSR count). The van der Waals surface area contributed by atoms with Gasteiger partial charge in [-0.2, -0.15) is 0 Å². The van der Waals surface area contributed by atoms with Gasteiger partial charge >= 0.3 is 17.6 Å². The van der Waals surface area contributed by atoms with Crippen LogP contribution >= 0.6 is 82.5 Å². The molecule has 18 heteroatoms. The first-order valence-corrected chi connectivity index (χ1v) is 30.5. The van der Waals surface area contributed by atoms with Crippen LogP contribution in [-0.4, -0.2) is 79.0 Å². The highest BCUT2D eigenvalue weighted by Gasteiger charge is 2.40. The first-order chi connectivity index (χ1) is 24.3. The lowest BCUT2D eigenvalue weighted by molar-refractivity contribution is 0.0704. The van der Waals surface area contributed by atoms with Gasteiger partial charge in [0.25, 0.3) is 0 Å². The van der Waals surface area contributed by atoms with Crippen LogP contribution in [0.1, 0.15) is 75.1 Å². The third-order valence-corrected chi connectivity index (χ3v) is 24.6. The van der Waals surface area contributed by atoms with Gasteiger partial charge in [0, 0.05) is 74.4 Å². The number of rotatable bonds is 28. The molecule has 284 valence electrons. The third-order valence-electron chi connectivity index (χ3n) is 6.00. The first-order valence-electron chi connectivity index (χ1n) is 16.6. The van der Waals surface area contributed by atoms with Gasteiger partial charge in [-0.05, 0) is 115 Å². The average Bonchev–Trinajstić information content (AvgIpc) is 3.12. The summed E-state index contributed by atoms with van der Waals surface area (Å²) in [5.41, 5.74) is 1.34. The van der Waals surface area contributed by atoms with Gasteiger partial charge in [-0.25, -0.2) is 0 Å². The Morgan fingerprint density at radius 3 is 1.06 bits per heavy atom. The Morgan fingerprint density at radius 2 is 0.780 bits per heavy atom. The maximum Gasteiger partial charge on any atom is 0.500 e. The fraction of sp³-hybridized carbons (Fsp3) is 0.562. The van der Waals surface area contributed by atoms with E-state index in [1.165, 1.54) is 19.7 Å². The molecular weight excluding hydrogens is 825 g/mol. The van der Waals surface area contributed by atoms with E-state index >= 15 is 0 Å². The second-order valence-electron chi connectivity index (χ2n) is 9.56. The quantitative estimate of drug-likeness (QED) is 0.0461. The van der Waals surface area contributed by atoms with Crippen molar-refractivity contribution in [2.45, 2.75) is 66.5 Å². The van der Waals surface area contributed by atoms with E-state index < -0.39 is 17.6 Å². The Balaban J connectivity index is 0.000000537. The van der Waals surface area contributed by atoms with E-state index in [1.807, 2.05) is 119 Å². The lowest BCUT2D eigenvalue weighted by Gasteiger charge is -2.28. The highest BCUT2D eigenvalue weighted by molar-refractivity contribution is 9.29. The van der Waals surface area contributed by atoms with Crippen molar-refractivity contribution >= 4 is 110 Å². The summed E-state index contributed by atoms with van der Waals surface area (Å²) >= 11 is 0. The molecule has 0 aliphatic heterocycles. The summed E-state index contributed by atoms with van der Waals surface area (Å²) < 4.78 is 35.4. The van der Waals surface area contributed by atoms with Crippen LogP contribution < -0.4 is 0 Å². The molecule has 0 aliphatic rings. The van der Waals surface area contributed by atoms with E-state index in [2.05, 4.69) is 0 Å². The lowest BCUT2D eigenvalue weighted by atomic mass is 10.2. The Morgan fingerprint density at radius 1 is 0.480 bits per heavy atom. The standard InChI is InChI=1S/C18H42O6S4Si2.C14H10O2S4/c1-7-19-29(20-8-2,21-9-3)17-13-15-25-27-28-26-16-14-18-30(22-10-4,23-11-5)24-12-6;15-13(11-7-3-1-4-8-11)17-19-20-18-14(16)12-9-5-2-6-10-12/h7-18H2,1-6H3;1-10H. The van der Waals surface area contributed by atoms with Crippen molar-refractivity contribution in [1.29, 1.82) is 0 Å². The van der Waals surface area contributed by atoms with Gasteiger partial charge in [0.05, 0.1) is 0 Å². The van der Waals surface area contributed by atoms with Crippen LogP contribution in [0.15, 0.2) is 60.7 Å². The van der Waals surface area contributed by atoms with Gasteiger partial charge in [0.2, 0.25) is 10.2 Å². The van der Waals surface area contributed by atoms with Gasteiger partial charge in [-0.15, -0.1) is 0 Å². The number of hydrogen-bond donors (Lipinski definition) is 0. The van der Waals surface area contributed by atoms with Crippen LogP contribution in [0.2, 0.25) is 12.1 Å². The van der Waals surface area contributed by atoms with E-state index in [-0.39, 0.29) is 10.2 Å². The van der Waals surface area contributed by atoms with Crippen LogP contribution in [0.25, 0.3) is 0 Å². The molecule has 2 aromatic carbocycles. The molecule has 0 bridgehead atoms. The Bertz CT molecular complexity index is 1010. The molecular formula is C32H52O8S8Si2. The van der Waals surface area contributed by atoms with Crippen molar-refractivity contribution in [3.05, 3.63) is 71.8 Å². The van der Waals surface area contributed by atoms with E-state index in [1.54, 1.807) is 24.3 Å². The SMILES string of the molecule is CCO[Si](CCCSSSSCCC[Si](OCC)(OCC)OCC)(OCC)OCC.O=C(SSSSC(=O)c1ccccc1)c1ccccc1. The van der Waals surface area contributed by atoms with Crippen LogP contribution in [0, 0.1) is 0 Å². The summed E-state index contributed by atoms with van der Waals surface area (Å²) in [6, 6.07) is 20.0. The summed E-state index contributed by atoms with van der Waals surface area (Å²) in [6.45, 7) is 15.8. The molecule has 0 aliphatic carbocycles. The normalized spacial score (nSPS) is 11.6. The molecule has 0 atom stereocenters. The van der Waals surface area contributed by atoms with Gasteiger partial charge in [-0.3, -0.25) is 9.59 Å². The van der Waals surface area contributed by atoms with E-state index in [0.717, 1.165) is 58.0 Å². The maximum atomic E-state index is 11.8. The lowest BCUT2D eigenvalue weighted by Crippen LogP contribution is -2.46. The predicted molar refractivity (Wildman–Crippen MR) is 232 cm³/mol. The van der Waals surface area contributed by atoms with E-state index in [9.17, 15) is 9.59 Å². The molecule has 50 heavy (non-hydrogen) atoms. The summed E-state index contributed by atoms with van der Waals surface area (Å²) in [4.78, 5) is 23.6. The van der Waals surface area contributed by atoms with E-state index in [4.69, 9.17) is 26.6 Å². The Hall–Kier alpha value is 0.774. The van der Waals surface area contributed by atoms with Crippen molar-refractivity contribution in [1.82, 2.24) is 0 Å². The van der Waals surface area contributed by atoms with Crippen LogP contribution in [-0.2, 0) is 26.6 Å². The number of hydrogen-bond acceptors (Lipinski definition) is 16. The minimum Gasteiger partial charge on any atom is -0.374 e. The fourth-order valence-corrected chi connectivity index (χ4v) is 20.9. The number of benzene rings is 2. The minimum absolute atomic E-state index is 0.00383. The van der Waals surface area contributed by atoms with Gasteiger partial charge in [-0.1, -0.05) is 82.3 Å². The van der Waals surface area contributed by atoms with Gasteiger partial charge in [0.15, 0.2) is 0 Å². The molecule has 0 amide bonds. The molecule has 0 heterocycles. The largest absolute Gasteiger partial charge is 0.500 e. The van der Waals surface area contributed by atoms with Crippen LogP contribution in [0.4, 0.5) is 0 Å². The zero-order valence-electron chi connectivity index (χ0n) is 29.8. The zero-order valence-corrected chi connectivity index (χ0v) is 38.3. The van der Waals surface area contributed by atoms with Crippen molar-refractivity contribution in [3.63, 3.8) is 0 Å². The van der Waals surface area contributed by atoms with Crippen molar-refractivity contribution in [2.24, 2.45) is 0 Å². The molecule has 0 radical (unpaired) electrons. The van der Waals surface area contributed by atoms with Crippen molar-refractivity contribution in [3.8, 4) is 0 Å². The van der Waals surface area contributed by atoms with Crippen LogP contribution in [0.5, 0.6) is 0 Å². The van der Waals surface area contributed by atoms with Gasteiger partial charge < -0.3 is 26.6 Å². The number of carbonyl (C=O) groups is 2. The molecule has 0 fully saturated rings. The number of carbonyl (C=O) groups excluding carboxylic acids is 2. The average molecular weight is 877 g/mol. The second-order valence-corrected chi connectivity index (χ2v) is 26.9. The molecule has 8 nitrogen and oxygen atoms in total. The third kappa shape index (κ3) is 22.2. The smallest absolute Gasteiger partial charge is 0.374 e. The molecule has 0 aromatic heterocycles. The summed E-state index contributed by atoms with van der Waals surface area (Å²) in [5, 5.41) is -0.00767. The zero-order chi connectivity index (χ0) is 36.8. The Kier molecular flexibility index (Phi) is 31.3. The molecule has 2 aromatic rings. The predicted octanol–water partition coefficient (Wildman–Crippen LogP) is 11.9. The first kappa shape index (κ1) is 48.8. The molecule has 0 saturated carbocycles. The van der Waals surface area contributed by atoms with E-state index in [0.29, 0.717) is 50.8 Å². The fourth-order valence-electron chi connectivity index (χ4n) is 4.14. The van der Waals surface area contributed by atoms with Crippen molar-refractivity contribution in [2.75, 3.05) is 51.1 Å². The van der Waals surface area contributed by atoms with Crippen molar-refractivity contribution < 1.29 is 36.1 Å². The summed E-state index contributed by atoms with van der Waals surface area (Å²) in [6.07, 6.45) is 2.08. The monoisotopic (exact) mass is 876 g/mol. The Labute approximate surface area is 333 Å². The minimum atomic E-state index is -2.49. The van der Waals surface area contributed by atoms with Crippen LogP contribution in [0.3, 0.4) is 0 Å². The molecule has 0 unspecified atom stereocenters. The maximum absolute atomic E-state index is 11.8. The van der Waals surface area contributed by atoms with Gasteiger partial charge in [0.1, 0.15) is 0 Å². The summed E-state index contributed by atoms with van der Waals surface area (Å²) in [7, 11) is 7.35. The second kappa shape index (κ2) is 32.1. The molecule has 0 spiro atoms. The highest BCUT2D eigenvalue weighted by Crippen LogP contribution is 2.45.